The number of ketones is 1. The summed E-state index contributed by atoms with van der Waals surface area (Å²) in [5, 5.41) is 4.97. The van der Waals surface area contributed by atoms with Crippen molar-refractivity contribution in [2.24, 2.45) is 5.92 Å². The van der Waals surface area contributed by atoms with Crippen LogP contribution in [0, 0.1) is 12.8 Å². The summed E-state index contributed by atoms with van der Waals surface area (Å²) < 4.78 is 0. The van der Waals surface area contributed by atoms with E-state index < -0.39 is 0 Å². The van der Waals surface area contributed by atoms with Crippen LogP contribution in [0.2, 0.25) is 0 Å². The molecule has 1 aliphatic heterocycles. The van der Waals surface area contributed by atoms with Gasteiger partial charge in [0.05, 0.1) is 11.8 Å². The summed E-state index contributed by atoms with van der Waals surface area (Å²) >= 11 is 0. The van der Waals surface area contributed by atoms with Crippen LogP contribution >= 0.6 is 0 Å². The topological polar surface area (TPSA) is 46.2 Å². The fourth-order valence-corrected chi connectivity index (χ4v) is 3.86. The zero-order valence-electron chi connectivity index (χ0n) is 12.5. The van der Waals surface area contributed by atoms with E-state index in [-0.39, 0.29) is 23.5 Å². The molecule has 0 radical (unpaired) electrons. The van der Waals surface area contributed by atoms with Crippen molar-refractivity contribution >= 4 is 22.5 Å². The molecule has 1 saturated heterocycles. The molecule has 2 aromatic carbocycles. The molecular weight excluding hydrogens is 274 g/mol. The van der Waals surface area contributed by atoms with Gasteiger partial charge < -0.3 is 5.32 Å². The van der Waals surface area contributed by atoms with E-state index >= 15 is 0 Å². The largest absolute Gasteiger partial charge is 0.330 e. The van der Waals surface area contributed by atoms with E-state index in [0.717, 1.165) is 39.6 Å². The SMILES string of the molecule is C=C1CCC(C2C(=O)c3cccc4c(C)ccc2c34)C(=O)N1. The Balaban J connectivity index is 1.89. The summed E-state index contributed by atoms with van der Waals surface area (Å²) in [6.45, 7) is 5.87. The van der Waals surface area contributed by atoms with Crippen molar-refractivity contribution in [3.05, 3.63) is 59.3 Å². The first-order valence-corrected chi connectivity index (χ1v) is 7.63. The number of aryl methyl sites for hydroxylation is 1. The maximum atomic E-state index is 12.9. The van der Waals surface area contributed by atoms with Gasteiger partial charge in [-0.15, -0.1) is 0 Å². The molecule has 22 heavy (non-hydrogen) atoms. The number of hydrogen-bond donors (Lipinski definition) is 1. The van der Waals surface area contributed by atoms with Crippen LogP contribution in [0.15, 0.2) is 42.6 Å². The van der Waals surface area contributed by atoms with E-state index in [4.69, 9.17) is 0 Å². The van der Waals surface area contributed by atoms with Crippen molar-refractivity contribution in [2.45, 2.75) is 25.7 Å². The van der Waals surface area contributed by atoms with Gasteiger partial charge in [0.1, 0.15) is 0 Å². The number of Topliss-reactive ketones (excluding diaryl/α,β-unsaturated/α-hetero) is 1. The molecule has 0 bridgehead atoms. The maximum Gasteiger partial charge on any atom is 0.228 e. The monoisotopic (exact) mass is 291 g/mol. The van der Waals surface area contributed by atoms with Gasteiger partial charge in [0.15, 0.2) is 5.78 Å². The summed E-state index contributed by atoms with van der Waals surface area (Å²) in [6, 6.07) is 9.93. The lowest BCUT2D eigenvalue weighted by atomic mass is 9.80. The van der Waals surface area contributed by atoms with Crippen molar-refractivity contribution in [1.29, 1.82) is 0 Å². The van der Waals surface area contributed by atoms with Gasteiger partial charge in [0, 0.05) is 11.3 Å². The highest BCUT2D eigenvalue weighted by atomic mass is 16.2. The number of piperidine rings is 1. The number of nitrogens with one attached hydrogen (secondary N) is 1. The van der Waals surface area contributed by atoms with Gasteiger partial charge >= 0.3 is 0 Å². The number of allylic oxidation sites excluding steroid dienone is 1. The number of carbonyl (C=O) groups excluding carboxylic acids is 2. The van der Waals surface area contributed by atoms with Gasteiger partial charge in [0.2, 0.25) is 5.91 Å². The van der Waals surface area contributed by atoms with Crippen molar-refractivity contribution < 1.29 is 9.59 Å². The van der Waals surface area contributed by atoms with E-state index in [2.05, 4.69) is 24.9 Å². The van der Waals surface area contributed by atoms with Crippen LogP contribution in [-0.4, -0.2) is 11.7 Å². The molecule has 2 aromatic rings. The van der Waals surface area contributed by atoms with Crippen LogP contribution < -0.4 is 5.32 Å². The second-order valence-electron chi connectivity index (χ2n) is 6.28. The molecule has 1 aliphatic carbocycles. The van der Waals surface area contributed by atoms with Gasteiger partial charge in [-0.05, 0) is 41.7 Å². The van der Waals surface area contributed by atoms with Crippen molar-refractivity contribution in [3.8, 4) is 0 Å². The maximum absolute atomic E-state index is 12.9. The van der Waals surface area contributed by atoms with Crippen molar-refractivity contribution in [3.63, 3.8) is 0 Å². The van der Waals surface area contributed by atoms with Crippen LogP contribution in [-0.2, 0) is 4.79 Å². The van der Waals surface area contributed by atoms with E-state index in [1.54, 1.807) is 0 Å². The molecule has 1 N–H and O–H groups in total. The third kappa shape index (κ3) is 1.68. The highest BCUT2D eigenvalue weighted by Crippen LogP contribution is 2.45. The van der Waals surface area contributed by atoms with Crippen LogP contribution in [0.1, 0.15) is 40.2 Å². The minimum atomic E-state index is -0.353. The summed E-state index contributed by atoms with van der Waals surface area (Å²) in [7, 11) is 0. The summed E-state index contributed by atoms with van der Waals surface area (Å²) in [5.74, 6) is -0.639. The number of benzene rings is 2. The Kier molecular flexibility index (Phi) is 2.73. The van der Waals surface area contributed by atoms with Crippen LogP contribution in [0.5, 0.6) is 0 Å². The smallest absolute Gasteiger partial charge is 0.228 e. The summed E-state index contributed by atoms with van der Waals surface area (Å²) in [4.78, 5) is 25.3. The second-order valence-corrected chi connectivity index (χ2v) is 6.28. The minimum Gasteiger partial charge on any atom is -0.330 e. The molecule has 0 saturated carbocycles. The van der Waals surface area contributed by atoms with Crippen LogP contribution in [0.25, 0.3) is 10.8 Å². The highest BCUT2D eigenvalue weighted by Gasteiger charge is 2.42. The average Bonchev–Trinajstić information content (AvgIpc) is 2.78. The lowest BCUT2D eigenvalue weighted by molar-refractivity contribution is -0.125. The van der Waals surface area contributed by atoms with Crippen molar-refractivity contribution in [2.75, 3.05) is 0 Å². The Bertz CT molecular complexity index is 850. The molecule has 4 rings (SSSR count). The number of amides is 1. The first-order valence-electron chi connectivity index (χ1n) is 7.63. The normalized spacial score (nSPS) is 24.0. The van der Waals surface area contributed by atoms with E-state index in [0.29, 0.717) is 6.42 Å². The molecule has 0 spiro atoms. The molecule has 3 nitrogen and oxygen atoms in total. The van der Waals surface area contributed by atoms with Gasteiger partial charge in [0.25, 0.3) is 0 Å². The third-order valence-electron chi connectivity index (χ3n) is 4.97. The molecule has 2 unspecified atom stereocenters. The number of carbonyl (C=O) groups is 2. The van der Waals surface area contributed by atoms with Gasteiger partial charge in [-0.1, -0.05) is 36.9 Å². The van der Waals surface area contributed by atoms with Crippen LogP contribution in [0.4, 0.5) is 0 Å². The summed E-state index contributed by atoms with van der Waals surface area (Å²) in [6.07, 6.45) is 1.43. The molecule has 1 fully saturated rings. The fraction of sp³-hybridized carbons (Fsp3) is 0.263. The Hall–Kier alpha value is -2.42. The quantitative estimate of drug-likeness (QED) is 0.874. The molecule has 1 heterocycles. The lowest BCUT2D eigenvalue weighted by Crippen LogP contribution is -2.39. The molecule has 2 atom stereocenters. The predicted octanol–water partition coefficient (Wildman–Crippen LogP) is 3.47. The first kappa shape index (κ1) is 13.3. The van der Waals surface area contributed by atoms with E-state index in [1.807, 2.05) is 24.3 Å². The van der Waals surface area contributed by atoms with Gasteiger partial charge in [-0.2, -0.15) is 0 Å². The zero-order chi connectivity index (χ0) is 15.4. The van der Waals surface area contributed by atoms with Gasteiger partial charge in [-0.3, -0.25) is 9.59 Å². The molecule has 1 amide bonds. The highest BCUT2D eigenvalue weighted by molar-refractivity contribution is 6.19. The first-order chi connectivity index (χ1) is 10.6. The number of rotatable bonds is 1. The molecule has 0 aromatic heterocycles. The Morgan fingerprint density at radius 3 is 2.77 bits per heavy atom. The lowest BCUT2D eigenvalue weighted by Gasteiger charge is -2.28. The fourth-order valence-electron chi connectivity index (χ4n) is 3.86. The molecule has 2 aliphatic rings. The van der Waals surface area contributed by atoms with Crippen molar-refractivity contribution in [1.82, 2.24) is 5.32 Å². The zero-order valence-corrected chi connectivity index (χ0v) is 12.5. The Labute approximate surface area is 129 Å². The molecule has 110 valence electrons. The van der Waals surface area contributed by atoms with E-state index in [1.165, 1.54) is 0 Å². The minimum absolute atomic E-state index is 0.0730. The van der Waals surface area contributed by atoms with E-state index in [9.17, 15) is 9.59 Å². The summed E-state index contributed by atoms with van der Waals surface area (Å²) in [5.41, 5.74) is 3.68. The van der Waals surface area contributed by atoms with Crippen LogP contribution in [0.3, 0.4) is 0 Å². The second kappa shape index (κ2) is 4.54. The predicted molar refractivity (Wildman–Crippen MR) is 85.8 cm³/mol. The Morgan fingerprint density at radius 1 is 1.18 bits per heavy atom. The standard InChI is InChI=1S/C19H17NO2/c1-10-6-8-13-16-12(10)4-3-5-14(16)18(21)17(13)15-9-7-11(2)20-19(15)22/h3-6,8,15,17H,2,7,9H2,1H3,(H,20,22). The average molecular weight is 291 g/mol. The molecule has 3 heteroatoms. The molecular formula is C19H17NO2. The number of hydrogen-bond acceptors (Lipinski definition) is 2. The third-order valence-corrected chi connectivity index (χ3v) is 4.97. The Morgan fingerprint density at radius 2 is 2.00 bits per heavy atom. The van der Waals surface area contributed by atoms with Gasteiger partial charge in [-0.25, -0.2) is 0 Å².